The van der Waals surface area contributed by atoms with E-state index in [4.69, 9.17) is 0 Å². The highest BCUT2D eigenvalue weighted by Gasteiger charge is 2.29. The molecule has 136 valence electrons. The highest BCUT2D eigenvalue weighted by atomic mass is 16.2. The Labute approximate surface area is 149 Å². The van der Waals surface area contributed by atoms with E-state index in [-0.39, 0.29) is 5.91 Å². The second kappa shape index (κ2) is 7.82. The predicted molar refractivity (Wildman–Crippen MR) is 96.6 cm³/mol. The first kappa shape index (κ1) is 17.7. The van der Waals surface area contributed by atoms with Crippen LogP contribution in [0, 0.1) is 0 Å². The average molecular weight is 344 g/mol. The van der Waals surface area contributed by atoms with Crippen LogP contribution < -0.4 is 0 Å². The van der Waals surface area contributed by atoms with Crippen molar-refractivity contribution in [3.8, 4) is 0 Å². The lowest BCUT2D eigenvalue weighted by molar-refractivity contribution is 0.0690. The highest BCUT2D eigenvalue weighted by Crippen LogP contribution is 2.26. The Hall–Kier alpha value is -2.15. The molecule has 0 aromatic carbocycles. The van der Waals surface area contributed by atoms with Gasteiger partial charge in [-0.2, -0.15) is 5.10 Å². The molecule has 0 N–H and O–H groups in total. The van der Waals surface area contributed by atoms with Crippen LogP contribution in [0.4, 0.5) is 0 Å². The molecule has 0 spiro atoms. The van der Waals surface area contributed by atoms with Crippen LogP contribution in [-0.2, 0) is 13.1 Å². The van der Waals surface area contributed by atoms with Crippen molar-refractivity contribution in [1.82, 2.24) is 29.1 Å². The first-order chi connectivity index (χ1) is 12.1. The first-order valence-corrected chi connectivity index (χ1v) is 9.07. The van der Waals surface area contributed by atoms with E-state index in [1.165, 1.54) is 0 Å². The van der Waals surface area contributed by atoms with E-state index in [1.807, 2.05) is 30.3 Å². The second-order valence-corrected chi connectivity index (χ2v) is 6.90. The number of hydrogen-bond acceptors (Lipinski definition) is 4. The summed E-state index contributed by atoms with van der Waals surface area (Å²) in [5, 5.41) is 4.22. The van der Waals surface area contributed by atoms with Crippen molar-refractivity contribution in [1.29, 1.82) is 0 Å². The third kappa shape index (κ3) is 3.92. The molecule has 1 unspecified atom stereocenters. The van der Waals surface area contributed by atoms with E-state index in [2.05, 4.69) is 33.6 Å². The van der Waals surface area contributed by atoms with Crippen LogP contribution in [-0.4, -0.2) is 68.8 Å². The minimum Gasteiger partial charge on any atom is -0.337 e. The van der Waals surface area contributed by atoms with Crippen LogP contribution in [0.2, 0.25) is 0 Å². The van der Waals surface area contributed by atoms with Crippen LogP contribution in [0.1, 0.15) is 42.0 Å². The number of likely N-dealkylation sites (N-methyl/N-ethyl adjacent to an activating group) is 1. The van der Waals surface area contributed by atoms with Crippen molar-refractivity contribution in [2.24, 2.45) is 0 Å². The van der Waals surface area contributed by atoms with E-state index >= 15 is 0 Å². The number of rotatable bonds is 6. The van der Waals surface area contributed by atoms with E-state index in [1.54, 1.807) is 10.9 Å². The molecule has 1 saturated heterocycles. The van der Waals surface area contributed by atoms with Crippen LogP contribution in [0.25, 0.3) is 0 Å². The van der Waals surface area contributed by atoms with Gasteiger partial charge in [0.15, 0.2) is 0 Å². The molecule has 0 saturated carbocycles. The van der Waals surface area contributed by atoms with E-state index in [0.29, 0.717) is 18.2 Å². The van der Waals surface area contributed by atoms with Gasteiger partial charge in [-0.1, -0.05) is 0 Å². The normalized spacial score (nSPS) is 18.1. The molecule has 1 aliphatic rings. The Bertz CT molecular complexity index is 704. The fourth-order valence-electron chi connectivity index (χ4n) is 3.48. The van der Waals surface area contributed by atoms with Gasteiger partial charge in [0, 0.05) is 57.2 Å². The van der Waals surface area contributed by atoms with E-state index in [0.717, 1.165) is 44.8 Å². The van der Waals surface area contributed by atoms with Gasteiger partial charge in [-0.05, 0) is 39.9 Å². The molecule has 1 amide bonds. The maximum absolute atomic E-state index is 12.9. The summed E-state index contributed by atoms with van der Waals surface area (Å²) in [5.41, 5.74) is 0.680. The predicted octanol–water partition coefficient (Wildman–Crippen LogP) is 1.68. The van der Waals surface area contributed by atoms with Crippen molar-refractivity contribution in [2.75, 3.05) is 33.7 Å². The monoisotopic (exact) mass is 344 g/mol. The molecule has 25 heavy (non-hydrogen) atoms. The average Bonchev–Trinajstić information content (AvgIpc) is 3.28. The number of aromatic nitrogens is 4. The van der Waals surface area contributed by atoms with Gasteiger partial charge in [0.2, 0.25) is 0 Å². The van der Waals surface area contributed by atoms with Crippen molar-refractivity contribution in [3.05, 3.63) is 36.2 Å². The lowest BCUT2D eigenvalue weighted by Gasteiger charge is -2.32. The summed E-state index contributed by atoms with van der Waals surface area (Å²) in [7, 11) is 4.16. The number of hydrogen-bond donors (Lipinski definition) is 0. The minimum atomic E-state index is 0.0791. The van der Waals surface area contributed by atoms with Gasteiger partial charge in [-0.25, -0.2) is 4.98 Å². The largest absolute Gasteiger partial charge is 0.337 e. The third-order valence-electron chi connectivity index (χ3n) is 4.84. The van der Waals surface area contributed by atoms with Crippen molar-refractivity contribution in [3.63, 3.8) is 0 Å². The number of carbonyl (C=O) groups excluding carboxylic acids is 1. The molecule has 0 bridgehead atoms. The second-order valence-electron chi connectivity index (χ2n) is 6.90. The molecular weight excluding hydrogens is 316 g/mol. The number of nitrogens with zero attached hydrogens (tertiary/aromatic N) is 6. The lowest BCUT2D eigenvalue weighted by atomic mass is 9.96. The summed E-state index contributed by atoms with van der Waals surface area (Å²) in [6, 6.07) is 1.81. The van der Waals surface area contributed by atoms with Gasteiger partial charge in [0.25, 0.3) is 5.91 Å². The van der Waals surface area contributed by atoms with Crippen LogP contribution in [0.5, 0.6) is 0 Å². The molecule has 7 nitrogen and oxygen atoms in total. The quantitative estimate of drug-likeness (QED) is 0.800. The molecule has 0 radical (unpaired) electrons. The Morgan fingerprint density at radius 2 is 2.20 bits per heavy atom. The molecule has 1 atom stereocenters. The van der Waals surface area contributed by atoms with Gasteiger partial charge >= 0.3 is 0 Å². The van der Waals surface area contributed by atoms with Gasteiger partial charge in [0.1, 0.15) is 11.5 Å². The molecule has 2 aromatic heterocycles. The molecule has 7 heteroatoms. The van der Waals surface area contributed by atoms with Crippen LogP contribution in [0.3, 0.4) is 0 Å². The van der Waals surface area contributed by atoms with Crippen LogP contribution in [0.15, 0.2) is 24.7 Å². The fraction of sp³-hybridized carbons (Fsp3) is 0.611. The van der Waals surface area contributed by atoms with Crippen LogP contribution >= 0.6 is 0 Å². The van der Waals surface area contributed by atoms with E-state index in [9.17, 15) is 4.79 Å². The molecule has 3 rings (SSSR count). The summed E-state index contributed by atoms with van der Waals surface area (Å²) in [6.45, 7) is 6.16. The summed E-state index contributed by atoms with van der Waals surface area (Å²) >= 11 is 0. The summed E-state index contributed by atoms with van der Waals surface area (Å²) in [6.07, 6.45) is 7.71. The van der Waals surface area contributed by atoms with Gasteiger partial charge in [-0.3, -0.25) is 9.48 Å². The Balaban J connectivity index is 1.71. The zero-order chi connectivity index (χ0) is 17.8. The van der Waals surface area contributed by atoms with E-state index < -0.39 is 0 Å². The number of imidazole rings is 1. The SMILES string of the molecule is CCn1nccc1C(=O)N1CCCC(c2nccn2CCN(C)C)C1. The Kier molecular flexibility index (Phi) is 5.53. The zero-order valence-electron chi connectivity index (χ0n) is 15.4. The summed E-state index contributed by atoms with van der Waals surface area (Å²) < 4.78 is 4.00. The summed E-state index contributed by atoms with van der Waals surface area (Å²) in [4.78, 5) is 21.6. The molecule has 2 aromatic rings. The maximum atomic E-state index is 12.9. The fourth-order valence-corrected chi connectivity index (χ4v) is 3.48. The number of carbonyl (C=O) groups is 1. The standard InChI is InChI=1S/C18H28N6O/c1-4-24-16(7-8-20-24)18(25)23-10-5-6-15(14-23)17-19-9-11-22(17)13-12-21(2)3/h7-9,11,15H,4-6,10,12-14H2,1-3H3. The molecule has 1 aliphatic heterocycles. The Morgan fingerprint density at radius 3 is 2.96 bits per heavy atom. The first-order valence-electron chi connectivity index (χ1n) is 9.07. The summed E-state index contributed by atoms with van der Waals surface area (Å²) in [5.74, 6) is 1.48. The number of piperidine rings is 1. The zero-order valence-corrected chi connectivity index (χ0v) is 15.4. The topological polar surface area (TPSA) is 59.2 Å². The third-order valence-corrected chi connectivity index (χ3v) is 4.84. The molecule has 0 aliphatic carbocycles. The van der Waals surface area contributed by atoms with Gasteiger partial charge in [-0.15, -0.1) is 0 Å². The molecule has 1 fully saturated rings. The molecule has 3 heterocycles. The van der Waals surface area contributed by atoms with Crippen molar-refractivity contribution >= 4 is 5.91 Å². The highest BCUT2D eigenvalue weighted by molar-refractivity contribution is 5.92. The number of amides is 1. The smallest absolute Gasteiger partial charge is 0.272 e. The number of likely N-dealkylation sites (tertiary alicyclic amines) is 1. The lowest BCUT2D eigenvalue weighted by Crippen LogP contribution is -2.40. The van der Waals surface area contributed by atoms with Crippen molar-refractivity contribution in [2.45, 2.75) is 38.8 Å². The maximum Gasteiger partial charge on any atom is 0.272 e. The van der Waals surface area contributed by atoms with Gasteiger partial charge < -0.3 is 14.4 Å². The number of aryl methyl sites for hydroxylation is 1. The van der Waals surface area contributed by atoms with Gasteiger partial charge in [0.05, 0.1) is 0 Å². The molecular formula is C18H28N6O. The van der Waals surface area contributed by atoms with Crippen molar-refractivity contribution < 1.29 is 4.79 Å². The minimum absolute atomic E-state index is 0.0791. The Morgan fingerprint density at radius 1 is 1.36 bits per heavy atom.